The Morgan fingerprint density at radius 3 is 2.45 bits per heavy atom. The van der Waals surface area contributed by atoms with Crippen LogP contribution in [0.5, 0.6) is 0 Å². The van der Waals surface area contributed by atoms with E-state index in [1.165, 1.54) is 12.1 Å². The van der Waals surface area contributed by atoms with Gasteiger partial charge in [0.1, 0.15) is 9.84 Å². The minimum Gasteiger partial charge on any atom is -0.388 e. The second kappa shape index (κ2) is 6.44. The molecule has 1 unspecified atom stereocenters. The Morgan fingerprint density at radius 2 is 1.95 bits per heavy atom. The summed E-state index contributed by atoms with van der Waals surface area (Å²) in [5.41, 5.74) is -1.16. The van der Waals surface area contributed by atoms with Crippen molar-refractivity contribution in [3.05, 3.63) is 33.8 Å². The molecule has 1 rings (SSSR count). The van der Waals surface area contributed by atoms with E-state index >= 15 is 0 Å². The van der Waals surface area contributed by atoms with E-state index in [1.807, 2.05) is 0 Å². The fraction of sp³-hybridized carbons (Fsp3) is 0.500. The van der Waals surface area contributed by atoms with Gasteiger partial charge in [-0.3, -0.25) is 0 Å². The molecule has 1 N–H and O–H groups in total. The molecular weight excluding hydrogens is 361 g/mol. The van der Waals surface area contributed by atoms with E-state index in [4.69, 9.17) is 0 Å². The highest BCUT2D eigenvalue weighted by atomic mass is 79.9. The number of aliphatic hydroxyl groups is 1. The average molecular weight is 375 g/mol. The largest absolute Gasteiger partial charge is 0.416 e. The molecule has 0 amide bonds. The van der Waals surface area contributed by atoms with Gasteiger partial charge in [0.15, 0.2) is 0 Å². The molecular formula is C12H14BrF3O3S. The standard InChI is InChI=1S/C12H14BrF3O3S/c1-20(18,19)6-2-3-11(17)9-5-4-8(13)7-10(9)12(14,15)16/h4-5,7,11,17H,2-3,6H2,1H3. The highest BCUT2D eigenvalue weighted by Gasteiger charge is 2.35. The number of hydrogen-bond donors (Lipinski definition) is 1. The van der Waals surface area contributed by atoms with Gasteiger partial charge in [-0.05, 0) is 30.5 Å². The summed E-state index contributed by atoms with van der Waals surface area (Å²) in [5.74, 6) is -0.165. The summed E-state index contributed by atoms with van der Waals surface area (Å²) >= 11 is 2.96. The Labute approximate surface area is 123 Å². The van der Waals surface area contributed by atoms with Gasteiger partial charge < -0.3 is 5.11 Å². The summed E-state index contributed by atoms with van der Waals surface area (Å²) in [6.45, 7) is 0. The average Bonchev–Trinajstić information content (AvgIpc) is 2.25. The van der Waals surface area contributed by atoms with E-state index in [1.54, 1.807) is 0 Å². The maximum Gasteiger partial charge on any atom is 0.416 e. The molecule has 1 atom stereocenters. The van der Waals surface area contributed by atoms with Crippen LogP contribution in [0.4, 0.5) is 13.2 Å². The molecule has 0 aliphatic heterocycles. The molecule has 0 fully saturated rings. The Balaban J connectivity index is 2.90. The summed E-state index contributed by atoms with van der Waals surface area (Å²) in [4.78, 5) is 0. The van der Waals surface area contributed by atoms with Crippen LogP contribution in [0.1, 0.15) is 30.1 Å². The quantitative estimate of drug-likeness (QED) is 0.859. The van der Waals surface area contributed by atoms with Crippen LogP contribution in [-0.4, -0.2) is 25.5 Å². The van der Waals surface area contributed by atoms with E-state index in [-0.39, 0.29) is 28.6 Å². The lowest BCUT2D eigenvalue weighted by Gasteiger charge is -2.17. The van der Waals surface area contributed by atoms with Gasteiger partial charge in [0, 0.05) is 16.5 Å². The molecule has 1 aromatic rings. The third kappa shape index (κ3) is 5.41. The number of hydrogen-bond acceptors (Lipinski definition) is 3. The molecule has 0 bridgehead atoms. The van der Waals surface area contributed by atoms with Crippen LogP contribution >= 0.6 is 15.9 Å². The fourth-order valence-corrected chi connectivity index (χ4v) is 2.81. The van der Waals surface area contributed by atoms with E-state index in [0.717, 1.165) is 12.3 Å². The number of sulfone groups is 1. The molecule has 0 saturated carbocycles. The lowest BCUT2D eigenvalue weighted by atomic mass is 9.99. The molecule has 0 aromatic heterocycles. The first kappa shape index (κ1) is 17.5. The maximum absolute atomic E-state index is 12.9. The van der Waals surface area contributed by atoms with Crippen LogP contribution < -0.4 is 0 Å². The normalized spacial score (nSPS) is 14.3. The molecule has 0 saturated heterocycles. The number of aliphatic hydroxyl groups excluding tert-OH is 1. The zero-order valence-electron chi connectivity index (χ0n) is 10.6. The Kier molecular flexibility index (Phi) is 5.62. The van der Waals surface area contributed by atoms with Crippen molar-refractivity contribution in [1.82, 2.24) is 0 Å². The maximum atomic E-state index is 12.9. The fourth-order valence-electron chi connectivity index (χ4n) is 1.76. The van der Waals surface area contributed by atoms with Gasteiger partial charge in [0.25, 0.3) is 0 Å². The molecule has 0 radical (unpaired) electrons. The third-order valence-electron chi connectivity index (χ3n) is 2.67. The second-order valence-corrected chi connectivity index (χ2v) is 7.69. The van der Waals surface area contributed by atoms with E-state index in [9.17, 15) is 26.7 Å². The Hall–Kier alpha value is -0.600. The number of benzene rings is 1. The molecule has 0 aliphatic carbocycles. The van der Waals surface area contributed by atoms with Crippen molar-refractivity contribution in [2.24, 2.45) is 0 Å². The van der Waals surface area contributed by atoms with Crippen LogP contribution in [0.25, 0.3) is 0 Å². The highest BCUT2D eigenvalue weighted by molar-refractivity contribution is 9.10. The third-order valence-corrected chi connectivity index (χ3v) is 4.20. The molecule has 8 heteroatoms. The van der Waals surface area contributed by atoms with Crippen molar-refractivity contribution in [2.45, 2.75) is 25.1 Å². The Morgan fingerprint density at radius 1 is 1.35 bits per heavy atom. The van der Waals surface area contributed by atoms with Crippen LogP contribution in [-0.2, 0) is 16.0 Å². The molecule has 0 heterocycles. The number of alkyl halides is 3. The summed E-state index contributed by atoms with van der Waals surface area (Å²) in [6, 6.07) is 3.50. The summed E-state index contributed by atoms with van der Waals surface area (Å²) in [6.07, 6.45) is -4.82. The lowest BCUT2D eigenvalue weighted by Crippen LogP contribution is -2.13. The Bertz CT molecular complexity index is 570. The number of rotatable bonds is 5. The van der Waals surface area contributed by atoms with Gasteiger partial charge in [0.05, 0.1) is 11.7 Å². The first-order chi connectivity index (χ1) is 9.00. The van der Waals surface area contributed by atoms with Gasteiger partial charge >= 0.3 is 6.18 Å². The molecule has 3 nitrogen and oxygen atoms in total. The van der Waals surface area contributed by atoms with Crippen LogP contribution in [0, 0.1) is 0 Å². The van der Waals surface area contributed by atoms with Crippen molar-refractivity contribution in [3.63, 3.8) is 0 Å². The van der Waals surface area contributed by atoms with Crippen LogP contribution in [0.3, 0.4) is 0 Å². The summed E-state index contributed by atoms with van der Waals surface area (Å²) in [7, 11) is -3.19. The second-order valence-electron chi connectivity index (χ2n) is 4.52. The van der Waals surface area contributed by atoms with Crippen LogP contribution in [0.15, 0.2) is 22.7 Å². The zero-order chi connectivity index (χ0) is 15.6. The zero-order valence-corrected chi connectivity index (χ0v) is 13.0. The van der Waals surface area contributed by atoms with Crippen molar-refractivity contribution >= 4 is 25.8 Å². The van der Waals surface area contributed by atoms with Gasteiger partial charge in [0.2, 0.25) is 0 Å². The molecule has 1 aromatic carbocycles. The molecule has 20 heavy (non-hydrogen) atoms. The minimum absolute atomic E-state index is 0.0439. The van der Waals surface area contributed by atoms with E-state index in [2.05, 4.69) is 15.9 Å². The highest BCUT2D eigenvalue weighted by Crippen LogP contribution is 2.37. The van der Waals surface area contributed by atoms with Crippen molar-refractivity contribution < 1.29 is 26.7 Å². The SMILES string of the molecule is CS(=O)(=O)CCCC(O)c1ccc(Br)cc1C(F)(F)F. The van der Waals surface area contributed by atoms with Crippen LogP contribution in [0.2, 0.25) is 0 Å². The molecule has 0 aliphatic rings. The molecule has 0 spiro atoms. The molecule has 114 valence electrons. The van der Waals surface area contributed by atoms with Gasteiger partial charge in [-0.15, -0.1) is 0 Å². The van der Waals surface area contributed by atoms with Gasteiger partial charge in [-0.1, -0.05) is 22.0 Å². The predicted octanol–water partition coefficient (Wildman–Crippen LogP) is 3.33. The first-order valence-electron chi connectivity index (χ1n) is 5.73. The predicted molar refractivity (Wildman–Crippen MR) is 73.0 cm³/mol. The lowest BCUT2D eigenvalue weighted by molar-refractivity contribution is -0.139. The van der Waals surface area contributed by atoms with Crippen molar-refractivity contribution in [1.29, 1.82) is 0 Å². The monoisotopic (exact) mass is 374 g/mol. The van der Waals surface area contributed by atoms with Gasteiger partial charge in [-0.2, -0.15) is 13.2 Å². The minimum atomic E-state index is -4.57. The smallest absolute Gasteiger partial charge is 0.388 e. The number of halogens is 4. The first-order valence-corrected chi connectivity index (χ1v) is 8.58. The van der Waals surface area contributed by atoms with Gasteiger partial charge in [-0.25, -0.2) is 8.42 Å². The topological polar surface area (TPSA) is 54.4 Å². The van der Waals surface area contributed by atoms with Crippen molar-refractivity contribution in [3.8, 4) is 0 Å². The summed E-state index contributed by atoms with van der Waals surface area (Å²) < 4.78 is 60.8. The van der Waals surface area contributed by atoms with Crippen molar-refractivity contribution in [2.75, 3.05) is 12.0 Å². The summed E-state index contributed by atoms with van der Waals surface area (Å²) in [5, 5.41) is 9.84. The van der Waals surface area contributed by atoms with E-state index < -0.39 is 27.7 Å². The van der Waals surface area contributed by atoms with E-state index in [0.29, 0.717) is 0 Å².